The molecule has 1 aromatic heterocycles. The van der Waals surface area contributed by atoms with Gasteiger partial charge in [0, 0.05) is 11.4 Å². The minimum Gasteiger partial charge on any atom is -0.334 e. The summed E-state index contributed by atoms with van der Waals surface area (Å²) >= 11 is 1.74. The van der Waals surface area contributed by atoms with Crippen LogP contribution in [0.2, 0.25) is 0 Å². The van der Waals surface area contributed by atoms with E-state index in [9.17, 15) is 4.79 Å². The predicted octanol–water partition coefficient (Wildman–Crippen LogP) is 1.52. The van der Waals surface area contributed by atoms with Crippen molar-refractivity contribution < 1.29 is 9.69 Å². The maximum Gasteiger partial charge on any atom is 0.318 e. The van der Waals surface area contributed by atoms with Gasteiger partial charge in [-0.2, -0.15) is 0 Å². The number of amides is 2. The maximum absolute atomic E-state index is 12.4. The average molecular weight is 296 g/mol. The summed E-state index contributed by atoms with van der Waals surface area (Å²) in [7, 11) is 4.24. The average Bonchev–Trinajstić information content (AvgIpc) is 3.05. The van der Waals surface area contributed by atoms with Crippen LogP contribution in [0.5, 0.6) is 0 Å². The second-order valence-electron chi connectivity index (χ2n) is 6.41. The van der Waals surface area contributed by atoms with Crippen LogP contribution in [-0.2, 0) is 0 Å². The molecule has 0 spiro atoms. The van der Waals surface area contributed by atoms with E-state index in [1.807, 2.05) is 4.90 Å². The van der Waals surface area contributed by atoms with Crippen molar-refractivity contribution in [1.82, 2.24) is 10.2 Å². The van der Waals surface area contributed by atoms with Gasteiger partial charge in [0.05, 0.1) is 26.7 Å². The summed E-state index contributed by atoms with van der Waals surface area (Å²) in [4.78, 5) is 17.1. The lowest BCUT2D eigenvalue weighted by molar-refractivity contribution is -0.909. The molecule has 4 nitrogen and oxygen atoms in total. The van der Waals surface area contributed by atoms with Gasteiger partial charge in [0.1, 0.15) is 5.54 Å². The van der Waals surface area contributed by atoms with E-state index in [2.05, 4.69) is 50.8 Å². The molecule has 0 saturated carbocycles. The minimum absolute atomic E-state index is 0.0494. The summed E-state index contributed by atoms with van der Waals surface area (Å²) in [6, 6.07) is 4.54. The molecular weight excluding hydrogens is 270 g/mol. The van der Waals surface area contributed by atoms with Gasteiger partial charge >= 0.3 is 6.03 Å². The summed E-state index contributed by atoms with van der Waals surface area (Å²) in [6.07, 6.45) is 2.18. The Labute approximate surface area is 125 Å². The smallest absolute Gasteiger partial charge is 0.318 e. The number of likely N-dealkylation sites (tertiary alicyclic amines) is 1. The molecule has 0 bridgehead atoms. The Morgan fingerprint density at radius 2 is 2.30 bits per heavy atom. The van der Waals surface area contributed by atoms with E-state index in [0.29, 0.717) is 6.54 Å². The highest BCUT2D eigenvalue weighted by molar-refractivity contribution is 7.10. The Morgan fingerprint density at radius 3 is 2.90 bits per heavy atom. The van der Waals surface area contributed by atoms with Gasteiger partial charge in [-0.25, -0.2) is 4.79 Å². The highest BCUT2D eigenvalue weighted by Gasteiger charge is 2.32. The van der Waals surface area contributed by atoms with E-state index in [4.69, 9.17) is 0 Å². The van der Waals surface area contributed by atoms with Crippen molar-refractivity contribution in [3.63, 3.8) is 0 Å². The lowest BCUT2D eigenvalue weighted by atomic mass is 10.0. The van der Waals surface area contributed by atoms with Crippen LogP contribution in [0.15, 0.2) is 17.5 Å². The summed E-state index contributed by atoms with van der Waals surface area (Å²) in [6.45, 7) is 5.90. The van der Waals surface area contributed by atoms with Crippen molar-refractivity contribution in [3.05, 3.63) is 22.4 Å². The molecule has 2 N–H and O–H groups in total. The van der Waals surface area contributed by atoms with Crippen LogP contribution in [-0.4, -0.2) is 43.7 Å². The summed E-state index contributed by atoms with van der Waals surface area (Å²) in [5.41, 5.74) is 0.0494. The van der Waals surface area contributed by atoms with Gasteiger partial charge in [-0.15, -0.1) is 11.3 Å². The fourth-order valence-electron chi connectivity index (χ4n) is 2.36. The quantitative estimate of drug-likeness (QED) is 0.868. The van der Waals surface area contributed by atoms with Gasteiger partial charge in [-0.1, -0.05) is 6.07 Å². The van der Waals surface area contributed by atoms with Crippen molar-refractivity contribution in [2.75, 3.05) is 27.2 Å². The Kier molecular flexibility index (Phi) is 4.70. The Balaban J connectivity index is 1.95. The fraction of sp³-hybridized carbons (Fsp3) is 0.667. The van der Waals surface area contributed by atoms with E-state index in [1.165, 1.54) is 9.78 Å². The number of likely N-dealkylation sites (N-methyl/N-ethyl adjacent to an activating group) is 1. The summed E-state index contributed by atoms with van der Waals surface area (Å²) < 4.78 is 0. The van der Waals surface area contributed by atoms with E-state index in [-0.39, 0.29) is 17.6 Å². The first-order valence-electron chi connectivity index (χ1n) is 7.30. The first-order chi connectivity index (χ1) is 9.42. The lowest BCUT2D eigenvalue weighted by Gasteiger charge is -2.31. The molecule has 2 heterocycles. The molecule has 20 heavy (non-hydrogen) atoms. The largest absolute Gasteiger partial charge is 0.334 e. The van der Waals surface area contributed by atoms with Gasteiger partial charge in [0.2, 0.25) is 0 Å². The fourth-order valence-corrected chi connectivity index (χ4v) is 3.23. The zero-order valence-corrected chi connectivity index (χ0v) is 13.7. The highest BCUT2D eigenvalue weighted by atomic mass is 32.1. The van der Waals surface area contributed by atoms with Gasteiger partial charge in [0.15, 0.2) is 0 Å². The van der Waals surface area contributed by atoms with Gasteiger partial charge in [-0.05, 0) is 38.1 Å². The monoisotopic (exact) mass is 296 g/mol. The van der Waals surface area contributed by atoms with E-state index in [0.717, 1.165) is 19.4 Å². The topological polar surface area (TPSA) is 36.8 Å². The van der Waals surface area contributed by atoms with E-state index < -0.39 is 0 Å². The summed E-state index contributed by atoms with van der Waals surface area (Å²) in [5, 5.41) is 5.19. The number of carbonyl (C=O) groups excluding carboxylic acids is 1. The molecule has 1 atom stereocenters. The zero-order chi connectivity index (χ0) is 14.8. The molecule has 5 heteroatoms. The van der Waals surface area contributed by atoms with Crippen LogP contribution < -0.4 is 10.2 Å². The second kappa shape index (κ2) is 6.14. The van der Waals surface area contributed by atoms with Crippen molar-refractivity contribution in [2.45, 2.75) is 38.3 Å². The number of rotatable bonds is 4. The van der Waals surface area contributed by atoms with Gasteiger partial charge in [-0.3, -0.25) is 0 Å². The molecular formula is C15H26N3OS+. The standard InChI is InChI=1S/C15H25N3OS/c1-15(2,17(3)4)11-16-14(19)18-9-5-7-12(18)13-8-6-10-20-13/h6,8,10,12H,5,7,9,11H2,1-4H3,(H,16,19)/p+1/t12-/m1/s1. The van der Waals surface area contributed by atoms with Crippen LogP contribution in [0, 0.1) is 0 Å². The van der Waals surface area contributed by atoms with Crippen molar-refractivity contribution in [1.29, 1.82) is 0 Å². The van der Waals surface area contributed by atoms with Crippen molar-refractivity contribution in [3.8, 4) is 0 Å². The van der Waals surface area contributed by atoms with Crippen molar-refractivity contribution in [2.24, 2.45) is 0 Å². The van der Waals surface area contributed by atoms with Crippen LogP contribution in [0.4, 0.5) is 4.79 Å². The number of carbonyl (C=O) groups is 1. The van der Waals surface area contributed by atoms with Crippen molar-refractivity contribution >= 4 is 17.4 Å². The molecule has 2 rings (SSSR count). The number of thiophene rings is 1. The number of quaternary nitrogens is 1. The predicted molar refractivity (Wildman–Crippen MR) is 83.3 cm³/mol. The highest BCUT2D eigenvalue weighted by Crippen LogP contribution is 2.34. The molecule has 1 aliphatic rings. The molecule has 0 radical (unpaired) electrons. The molecule has 0 aliphatic carbocycles. The number of nitrogens with one attached hydrogen (secondary N) is 2. The minimum atomic E-state index is 0.0494. The zero-order valence-electron chi connectivity index (χ0n) is 12.9. The molecule has 2 amide bonds. The van der Waals surface area contributed by atoms with Gasteiger partial charge < -0.3 is 15.1 Å². The third-order valence-corrected chi connectivity index (χ3v) is 5.39. The van der Waals surface area contributed by atoms with E-state index in [1.54, 1.807) is 11.3 Å². The normalized spacial score (nSPS) is 19.6. The molecule has 1 aliphatic heterocycles. The Morgan fingerprint density at radius 1 is 1.55 bits per heavy atom. The third kappa shape index (κ3) is 3.33. The van der Waals surface area contributed by atoms with Crippen LogP contribution >= 0.6 is 11.3 Å². The first-order valence-corrected chi connectivity index (χ1v) is 8.18. The SMILES string of the molecule is C[NH+](C)C(C)(C)CNC(=O)N1CCC[C@@H]1c1cccs1. The molecule has 1 saturated heterocycles. The van der Waals surface area contributed by atoms with Gasteiger partial charge in [0.25, 0.3) is 0 Å². The molecule has 1 aromatic rings. The van der Waals surface area contributed by atoms with Crippen LogP contribution in [0.1, 0.15) is 37.6 Å². The number of hydrogen-bond acceptors (Lipinski definition) is 2. The molecule has 0 unspecified atom stereocenters. The Bertz CT molecular complexity index is 442. The number of hydrogen-bond donors (Lipinski definition) is 2. The Hall–Kier alpha value is -1.07. The molecule has 1 fully saturated rings. The van der Waals surface area contributed by atoms with Crippen LogP contribution in [0.3, 0.4) is 0 Å². The molecule has 112 valence electrons. The maximum atomic E-state index is 12.4. The van der Waals surface area contributed by atoms with E-state index >= 15 is 0 Å². The third-order valence-electron chi connectivity index (χ3n) is 4.42. The number of nitrogens with zero attached hydrogens (tertiary/aromatic N) is 1. The number of urea groups is 1. The molecule has 0 aromatic carbocycles. The van der Waals surface area contributed by atoms with Crippen LogP contribution in [0.25, 0.3) is 0 Å². The first kappa shape index (κ1) is 15.3. The second-order valence-corrected chi connectivity index (χ2v) is 7.39. The summed E-state index contributed by atoms with van der Waals surface area (Å²) in [5.74, 6) is 0. The lowest BCUT2D eigenvalue weighted by Crippen LogP contribution is -3.15.